The first-order valence-electron chi connectivity index (χ1n) is 5.84. The van der Waals surface area contributed by atoms with Crippen LogP contribution in [0.4, 0.5) is 5.69 Å². The number of nitrogens with one attached hydrogen (secondary N) is 1. The molecule has 0 aliphatic rings. The van der Waals surface area contributed by atoms with E-state index in [0.717, 1.165) is 5.01 Å². The number of aromatic nitrogens is 1. The number of thiazole rings is 1. The molecule has 0 amide bonds. The maximum atomic E-state index is 12.2. The predicted molar refractivity (Wildman–Crippen MR) is 81.6 cm³/mol. The van der Waals surface area contributed by atoms with E-state index < -0.39 is 10.0 Å². The molecule has 0 fully saturated rings. The highest BCUT2D eigenvalue weighted by Crippen LogP contribution is 2.23. The van der Waals surface area contributed by atoms with Gasteiger partial charge in [-0.2, -0.15) is 0 Å². The summed E-state index contributed by atoms with van der Waals surface area (Å²) in [5.74, 6) is -0.00157. The molecule has 5 nitrogen and oxygen atoms in total. The van der Waals surface area contributed by atoms with Crippen molar-refractivity contribution in [3.8, 4) is 0 Å². The maximum absolute atomic E-state index is 12.2. The molecule has 1 aromatic carbocycles. The van der Waals surface area contributed by atoms with Crippen LogP contribution in [-0.2, 0) is 10.0 Å². The quantitative estimate of drug-likeness (QED) is 0.824. The molecule has 0 radical (unpaired) electrons. The normalized spacial score (nSPS) is 13.3. The van der Waals surface area contributed by atoms with Crippen LogP contribution in [0.5, 0.6) is 0 Å². The minimum absolute atomic E-state index is 0.00157. The van der Waals surface area contributed by atoms with Crippen LogP contribution in [0.15, 0.2) is 34.7 Å². The summed E-state index contributed by atoms with van der Waals surface area (Å²) >= 11 is 7.25. The van der Waals surface area contributed by atoms with E-state index in [2.05, 4.69) is 9.71 Å². The Hall–Kier alpha value is -1.15. The molecule has 0 aliphatic heterocycles. The van der Waals surface area contributed by atoms with Crippen molar-refractivity contribution in [3.05, 3.63) is 39.8 Å². The number of sulfonamides is 1. The first-order chi connectivity index (χ1) is 9.40. The van der Waals surface area contributed by atoms with Gasteiger partial charge in [-0.1, -0.05) is 18.5 Å². The average molecular weight is 332 g/mol. The third-order valence-corrected chi connectivity index (χ3v) is 5.45. The van der Waals surface area contributed by atoms with Crippen LogP contribution in [-0.4, -0.2) is 19.9 Å². The molecule has 1 heterocycles. The Labute approximate surface area is 126 Å². The lowest BCUT2D eigenvalue weighted by atomic mass is 10.2. The van der Waals surface area contributed by atoms with Gasteiger partial charge in [0.2, 0.25) is 10.0 Å². The lowest BCUT2D eigenvalue weighted by molar-refractivity contribution is 0.575. The van der Waals surface area contributed by atoms with E-state index in [1.807, 2.05) is 12.3 Å². The fourth-order valence-corrected chi connectivity index (χ4v) is 3.76. The van der Waals surface area contributed by atoms with Crippen LogP contribution >= 0.6 is 22.9 Å². The summed E-state index contributed by atoms with van der Waals surface area (Å²) in [6.07, 6.45) is 1.70. The van der Waals surface area contributed by atoms with Gasteiger partial charge in [-0.15, -0.1) is 11.3 Å². The Morgan fingerprint density at radius 1 is 1.50 bits per heavy atom. The van der Waals surface area contributed by atoms with E-state index in [0.29, 0.717) is 5.02 Å². The molecule has 1 atom stereocenters. The van der Waals surface area contributed by atoms with Crippen molar-refractivity contribution in [2.45, 2.75) is 17.7 Å². The van der Waals surface area contributed by atoms with Gasteiger partial charge in [-0.3, -0.25) is 0 Å². The SMILES string of the molecule is CC(CNS(=O)(=O)c1ccc(Cl)cc1N)c1nccs1. The average Bonchev–Trinajstić information content (AvgIpc) is 2.89. The van der Waals surface area contributed by atoms with Crippen LogP contribution in [0, 0.1) is 0 Å². The smallest absolute Gasteiger partial charge is 0.242 e. The molecule has 0 saturated heterocycles. The summed E-state index contributed by atoms with van der Waals surface area (Å²) in [7, 11) is -3.65. The minimum Gasteiger partial charge on any atom is -0.398 e. The molecule has 8 heteroatoms. The van der Waals surface area contributed by atoms with Gasteiger partial charge in [-0.05, 0) is 18.2 Å². The van der Waals surface area contributed by atoms with Crippen molar-refractivity contribution in [1.29, 1.82) is 0 Å². The zero-order chi connectivity index (χ0) is 14.8. The molecule has 0 spiro atoms. The number of anilines is 1. The lowest BCUT2D eigenvalue weighted by Gasteiger charge is -2.12. The fraction of sp³-hybridized carbons (Fsp3) is 0.250. The number of hydrogen-bond donors (Lipinski definition) is 2. The Bertz CT molecular complexity index is 687. The first kappa shape index (κ1) is 15.2. The van der Waals surface area contributed by atoms with Crippen LogP contribution in [0.25, 0.3) is 0 Å². The summed E-state index contributed by atoms with van der Waals surface area (Å²) in [4.78, 5) is 4.20. The molecule has 1 aromatic heterocycles. The number of hydrogen-bond acceptors (Lipinski definition) is 5. The molecule has 0 bridgehead atoms. The first-order valence-corrected chi connectivity index (χ1v) is 8.58. The molecule has 20 heavy (non-hydrogen) atoms. The predicted octanol–water partition coefficient (Wildman–Crippen LogP) is 2.46. The van der Waals surface area contributed by atoms with Gasteiger partial charge in [-0.25, -0.2) is 18.1 Å². The molecular formula is C12H14ClN3O2S2. The molecule has 0 aliphatic carbocycles. The van der Waals surface area contributed by atoms with Crippen molar-refractivity contribution >= 4 is 38.6 Å². The Kier molecular flexibility index (Phi) is 4.64. The molecule has 1 unspecified atom stereocenters. The van der Waals surface area contributed by atoms with Crippen molar-refractivity contribution in [1.82, 2.24) is 9.71 Å². The second-order valence-corrected chi connectivity index (χ2v) is 7.40. The van der Waals surface area contributed by atoms with Gasteiger partial charge in [0.25, 0.3) is 0 Å². The summed E-state index contributed by atoms with van der Waals surface area (Å²) < 4.78 is 26.9. The van der Waals surface area contributed by atoms with Gasteiger partial charge in [0, 0.05) is 29.1 Å². The summed E-state index contributed by atoms with van der Waals surface area (Å²) in [6.45, 7) is 2.17. The van der Waals surface area contributed by atoms with Gasteiger partial charge in [0.1, 0.15) is 4.90 Å². The number of rotatable bonds is 5. The van der Waals surface area contributed by atoms with Crippen molar-refractivity contribution in [2.75, 3.05) is 12.3 Å². The van der Waals surface area contributed by atoms with E-state index in [1.54, 1.807) is 6.20 Å². The van der Waals surface area contributed by atoms with Crippen LogP contribution in [0.2, 0.25) is 5.02 Å². The van der Waals surface area contributed by atoms with Crippen LogP contribution in [0.3, 0.4) is 0 Å². The monoisotopic (exact) mass is 331 g/mol. The van der Waals surface area contributed by atoms with E-state index in [1.165, 1.54) is 29.5 Å². The number of nitrogens with zero attached hydrogens (tertiary/aromatic N) is 1. The summed E-state index contributed by atoms with van der Waals surface area (Å²) in [6, 6.07) is 4.31. The van der Waals surface area contributed by atoms with E-state index in [9.17, 15) is 8.42 Å². The molecule has 2 aromatic rings. The van der Waals surface area contributed by atoms with Crippen LogP contribution in [0.1, 0.15) is 17.8 Å². The van der Waals surface area contributed by atoms with Gasteiger partial charge in [0.05, 0.1) is 10.7 Å². The van der Waals surface area contributed by atoms with Crippen molar-refractivity contribution in [3.63, 3.8) is 0 Å². The standard InChI is InChI=1S/C12H14ClN3O2S2/c1-8(12-15-4-5-19-12)7-16-20(17,18)11-3-2-9(13)6-10(11)14/h2-6,8,16H,7,14H2,1H3. The summed E-state index contributed by atoms with van der Waals surface area (Å²) in [5, 5.41) is 3.15. The second-order valence-electron chi connectivity index (χ2n) is 4.31. The number of nitrogen functional groups attached to an aromatic ring is 1. The zero-order valence-corrected chi connectivity index (χ0v) is 13.1. The third kappa shape index (κ3) is 3.49. The van der Waals surface area contributed by atoms with E-state index in [-0.39, 0.29) is 23.0 Å². The Morgan fingerprint density at radius 3 is 2.85 bits per heavy atom. The van der Waals surface area contributed by atoms with E-state index in [4.69, 9.17) is 17.3 Å². The molecule has 108 valence electrons. The number of halogens is 1. The maximum Gasteiger partial charge on any atom is 0.242 e. The second kappa shape index (κ2) is 6.09. The fourth-order valence-electron chi connectivity index (χ4n) is 1.64. The van der Waals surface area contributed by atoms with E-state index >= 15 is 0 Å². The Balaban J connectivity index is 2.11. The number of benzene rings is 1. The van der Waals surface area contributed by atoms with Gasteiger partial charge >= 0.3 is 0 Å². The molecule has 2 rings (SSSR count). The largest absolute Gasteiger partial charge is 0.398 e. The topological polar surface area (TPSA) is 85.1 Å². The minimum atomic E-state index is -3.65. The molecular weight excluding hydrogens is 318 g/mol. The highest BCUT2D eigenvalue weighted by molar-refractivity contribution is 7.89. The third-order valence-electron chi connectivity index (χ3n) is 2.71. The van der Waals surface area contributed by atoms with Gasteiger partial charge in [0.15, 0.2) is 0 Å². The van der Waals surface area contributed by atoms with Gasteiger partial charge < -0.3 is 5.73 Å². The zero-order valence-electron chi connectivity index (χ0n) is 10.7. The number of nitrogens with two attached hydrogens (primary N) is 1. The Morgan fingerprint density at radius 2 is 2.25 bits per heavy atom. The highest BCUT2D eigenvalue weighted by Gasteiger charge is 2.19. The van der Waals surface area contributed by atoms with Crippen LogP contribution < -0.4 is 10.5 Å². The summed E-state index contributed by atoms with van der Waals surface area (Å²) in [5.41, 5.74) is 5.83. The van der Waals surface area contributed by atoms with Crippen molar-refractivity contribution in [2.24, 2.45) is 0 Å². The molecule has 0 saturated carbocycles. The lowest BCUT2D eigenvalue weighted by Crippen LogP contribution is -2.28. The molecule has 3 N–H and O–H groups in total. The van der Waals surface area contributed by atoms with Crippen molar-refractivity contribution < 1.29 is 8.42 Å². The highest BCUT2D eigenvalue weighted by atomic mass is 35.5.